The van der Waals surface area contributed by atoms with Crippen LogP contribution in [0.2, 0.25) is 0 Å². The second-order valence-corrected chi connectivity index (χ2v) is 8.32. The average Bonchev–Trinajstić information content (AvgIpc) is 2.58. The summed E-state index contributed by atoms with van der Waals surface area (Å²) in [5, 5.41) is 0.941. The third-order valence-corrected chi connectivity index (χ3v) is 6.10. The molecule has 0 saturated carbocycles. The Labute approximate surface area is 153 Å². The van der Waals surface area contributed by atoms with Gasteiger partial charge in [0.15, 0.2) is 0 Å². The third kappa shape index (κ3) is 3.71. The highest BCUT2D eigenvalue weighted by Gasteiger charge is 2.14. The van der Waals surface area contributed by atoms with Crippen LogP contribution in [0.15, 0.2) is 52.2 Å². The summed E-state index contributed by atoms with van der Waals surface area (Å²) >= 11 is 0. The number of aromatic amines is 1. The molecule has 3 rings (SSSR count). The molecule has 26 heavy (non-hydrogen) atoms. The van der Waals surface area contributed by atoms with E-state index in [9.17, 15) is 13.2 Å². The quantitative estimate of drug-likeness (QED) is 0.725. The van der Waals surface area contributed by atoms with Crippen molar-refractivity contribution < 1.29 is 8.42 Å². The Bertz CT molecular complexity index is 1130. The van der Waals surface area contributed by atoms with Crippen LogP contribution in [0.3, 0.4) is 0 Å². The van der Waals surface area contributed by atoms with Gasteiger partial charge in [-0.1, -0.05) is 24.3 Å². The normalized spacial score (nSPS) is 11.8. The summed E-state index contributed by atoms with van der Waals surface area (Å²) in [6.45, 7) is 5.92. The van der Waals surface area contributed by atoms with Crippen LogP contribution < -0.4 is 10.3 Å². The Balaban J connectivity index is 1.77. The highest BCUT2D eigenvalue weighted by Crippen LogP contribution is 2.16. The molecular weight excluding hydrogens is 348 g/mol. The van der Waals surface area contributed by atoms with E-state index < -0.39 is 10.0 Å². The van der Waals surface area contributed by atoms with Gasteiger partial charge >= 0.3 is 0 Å². The van der Waals surface area contributed by atoms with Gasteiger partial charge in [0.2, 0.25) is 10.0 Å². The number of fused-ring (bicyclic) bond motifs is 1. The Morgan fingerprint density at radius 3 is 2.46 bits per heavy atom. The second kappa shape index (κ2) is 7.05. The van der Waals surface area contributed by atoms with Crippen molar-refractivity contribution in [2.75, 3.05) is 6.54 Å². The smallest absolute Gasteiger partial charge is 0.251 e. The Morgan fingerprint density at radius 2 is 1.73 bits per heavy atom. The average molecular weight is 370 g/mol. The van der Waals surface area contributed by atoms with Gasteiger partial charge in [0, 0.05) is 12.1 Å². The van der Waals surface area contributed by atoms with Crippen LogP contribution in [0, 0.1) is 20.8 Å². The zero-order valence-electron chi connectivity index (χ0n) is 15.1. The standard InChI is InChI=1S/C20H22N2O3S/c1-13-7-8-18(11-15(13)3)26(24,25)21-10-9-17-12-16-6-4-5-14(2)19(16)22-20(17)23/h4-8,11-12,21H,9-10H2,1-3H3,(H,22,23). The highest BCUT2D eigenvalue weighted by atomic mass is 32.2. The van der Waals surface area contributed by atoms with E-state index in [1.54, 1.807) is 18.2 Å². The number of aromatic nitrogens is 1. The van der Waals surface area contributed by atoms with E-state index >= 15 is 0 Å². The van der Waals surface area contributed by atoms with Gasteiger partial charge in [0.1, 0.15) is 0 Å². The van der Waals surface area contributed by atoms with E-state index in [1.165, 1.54) is 0 Å². The number of H-pyrrole nitrogens is 1. The van der Waals surface area contributed by atoms with E-state index in [2.05, 4.69) is 9.71 Å². The molecule has 1 heterocycles. The molecule has 0 saturated heterocycles. The first-order chi connectivity index (χ1) is 12.3. The molecule has 2 aromatic carbocycles. The van der Waals surface area contributed by atoms with Gasteiger partial charge in [-0.2, -0.15) is 0 Å². The van der Waals surface area contributed by atoms with Crippen LogP contribution in [-0.4, -0.2) is 19.9 Å². The Kier molecular flexibility index (Phi) is 4.98. The molecular formula is C20H22N2O3S. The Morgan fingerprint density at radius 1 is 0.962 bits per heavy atom. The van der Waals surface area contributed by atoms with E-state index in [0.717, 1.165) is 27.6 Å². The molecule has 3 aromatic rings. The molecule has 0 radical (unpaired) electrons. The molecule has 0 unspecified atom stereocenters. The van der Waals surface area contributed by atoms with Crippen molar-refractivity contribution >= 4 is 20.9 Å². The van der Waals surface area contributed by atoms with E-state index in [0.29, 0.717) is 12.0 Å². The number of pyridine rings is 1. The summed E-state index contributed by atoms with van der Waals surface area (Å²) in [6.07, 6.45) is 0.323. The minimum absolute atomic E-state index is 0.162. The fourth-order valence-electron chi connectivity index (χ4n) is 2.90. The molecule has 0 atom stereocenters. The summed E-state index contributed by atoms with van der Waals surface area (Å²) in [5.41, 5.74) is 4.16. The lowest BCUT2D eigenvalue weighted by molar-refractivity contribution is 0.581. The minimum Gasteiger partial charge on any atom is -0.321 e. The lowest BCUT2D eigenvalue weighted by Crippen LogP contribution is -2.27. The predicted molar refractivity (Wildman–Crippen MR) is 104 cm³/mol. The monoisotopic (exact) mass is 370 g/mol. The maximum atomic E-state index is 12.4. The summed E-state index contributed by atoms with van der Waals surface area (Å²) in [6, 6.07) is 12.7. The van der Waals surface area contributed by atoms with Crippen LogP contribution in [0.1, 0.15) is 22.3 Å². The van der Waals surface area contributed by atoms with Crippen molar-refractivity contribution in [1.29, 1.82) is 0 Å². The molecule has 0 spiro atoms. The van der Waals surface area contributed by atoms with Crippen LogP contribution in [0.4, 0.5) is 0 Å². The van der Waals surface area contributed by atoms with Crippen LogP contribution in [0.5, 0.6) is 0 Å². The molecule has 0 amide bonds. The fraction of sp³-hybridized carbons (Fsp3) is 0.250. The predicted octanol–water partition coefficient (Wildman–Crippen LogP) is 2.97. The van der Waals surface area contributed by atoms with Gasteiger partial charge in [0.25, 0.3) is 5.56 Å². The van der Waals surface area contributed by atoms with Crippen molar-refractivity contribution in [2.45, 2.75) is 32.1 Å². The van der Waals surface area contributed by atoms with Gasteiger partial charge in [-0.05, 0) is 67.5 Å². The number of benzene rings is 2. The number of rotatable bonds is 5. The summed E-state index contributed by atoms with van der Waals surface area (Å²) in [5.74, 6) is 0. The van der Waals surface area contributed by atoms with Crippen LogP contribution in [0.25, 0.3) is 10.9 Å². The maximum absolute atomic E-state index is 12.4. The zero-order valence-corrected chi connectivity index (χ0v) is 15.9. The molecule has 1 aromatic heterocycles. The summed E-state index contributed by atoms with van der Waals surface area (Å²) in [4.78, 5) is 15.4. The van der Waals surface area contributed by atoms with Gasteiger partial charge in [-0.3, -0.25) is 4.79 Å². The molecule has 136 valence electrons. The van der Waals surface area contributed by atoms with Crippen LogP contribution >= 0.6 is 0 Å². The number of hydrogen-bond acceptors (Lipinski definition) is 3. The van der Waals surface area contributed by atoms with Crippen molar-refractivity contribution in [3.63, 3.8) is 0 Å². The number of nitrogens with one attached hydrogen (secondary N) is 2. The first kappa shape index (κ1) is 18.4. The molecule has 0 fully saturated rings. The van der Waals surface area contributed by atoms with Crippen molar-refractivity contribution in [3.05, 3.63) is 75.1 Å². The minimum atomic E-state index is -3.59. The van der Waals surface area contributed by atoms with Gasteiger partial charge in [-0.15, -0.1) is 0 Å². The van der Waals surface area contributed by atoms with E-state index in [-0.39, 0.29) is 17.0 Å². The van der Waals surface area contributed by atoms with Gasteiger partial charge < -0.3 is 4.98 Å². The number of para-hydroxylation sites is 1. The fourth-order valence-corrected chi connectivity index (χ4v) is 4.02. The first-order valence-corrected chi connectivity index (χ1v) is 9.95. The molecule has 0 aliphatic heterocycles. The molecule has 0 aliphatic rings. The van der Waals surface area contributed by atoms with Gasteiger partial charge in [0.05, 0.1) is 10.4 Å². The van der Waals surface area contributed by atoms with E-state index in [1.807, 2.05) is 45.0 Å². The van der Waals surface area contributed by atoms with Crippen LogP contribution in [-0.2, 0) is 16.4 Å². The third-order valence-electron chi connectivity index (χ3n) is 4.64. The number of sulfonamides is 1. The summed E-state index contributed by atoms with van der Waals surface area (Å²) < 4.78 is 27.4. The second-order valence-electron chi connectivity index (χ2n) is 6.56. The van der Waals surface area contributed by atoms with Crippen molar-refractivity contribution in [3.8, 4) is 0 Å². The molecule has 0 bridgehead atoms. The molecule has 6 heteroatoms. The SMILES string of the molecule is Cc1ccc(S(=O)(=O)NCCc2cc3cccc(C)c3[nH]c2=O)cc1C. The molecule has 0 aliphatic carbocycles. The zero-order chi connectivity index (χ0) is 18.9. The lowest BCUT2D eigenvalue weighted by atomic mass is 10.1. The topological polar surface area (TPSA) is 79.0 Å². The molecule has 5 nitrogen and oxygen atoms in total. The first-order valence-electron chi connectivity index (χ1n) is 8.46. The largest absolute Gasteiger partial charge is 0.321 e. The summed E-state index contributed by atoms with van der Waals surface area (Å²) in [7, 11) is -3.59. The van der Waals surface area contributed by atoms with Crippen molar-refractivity contribution in [2.24, 2.45) is 0 Å². The van der Waals surface area contributed by atoms with E-state index in [4.69, 9.17) is 0 Å². The highest BCUT2D eigenvalue weighted by molar-refractivity contribution is 7.89. The van der Waals surface area contributed by atoms with Crippen molar-refractivity contribution in [1.82, 2.24) is 9.71 Å². The number of aryl methyl sites for hydroxylation is 3. The maximum Gasteiger partial charge on any atom is 0.251 e. The number of hydrogen-bond donors (Lipinski definition) is 2. The molecule has 2 N–H and O–H groups in total. The lowest BCUT2D eigenvalue weighted by Gasteiger charge is -2.09. The Hall–Kier alpha value is -2.44. The van der Waals surface area contributed by atoms with Gasteiger partial charge in [-0.25, -0.2) is 13.1 Å².